The lowest BCUT2D eigenvalue weighted by Gasteiger charge is -2.17. The second-order valence-electron chi connectivity index (χ2n) is 13.7. The Morgan fingerprint density at radius 2 is 0.685 bits per heavy atom. The van der Waals surface area contributed by atoms with E-state index >= 15 is 0 Å². The Balaban J connectivity index is 1.15. The maximum absolute atomic E-state index is 5.26. The topological polar surface area (TPSA) is 25.8 Å². The molecule has 10 aromatic rings. The second kappa shape index (κ2) is 13.4. The molecule has 9 aromatic carbocycles. The van der Waals surface area contributed by atoms with E-state index in [0.717, 1.165) is 44.8 Å². The molecule has 54 heavy (non-hydrogen) atoms. The smallest absolute Gasteiger partial charge is 0.160 e. The van der Waals surface area contributed by atoms with Gasteiger partial charge in [0.25, 0.3) is 0 Å². The van der Waals surface area contributed by atoms with E-state index in [-0.39, 0.29) is 0 Å². The highest BCUT2D eigenvalue weighted by atomic mass is 14.9. The summed E-state index contributed by atoms with van der Waals surface area (Å²) in [6, 6.07) is 73.4. The molecule has 0 fully saturated rings. The van der Waals surface area contributed by atoms with Gasteiger partial charge in [0.1, 0.15) is 0 Å². The van der Waals surface area contributed by atoms with Gasteiger partial charge in [-0.25, -0.2) is 9.97 Å². The summed E-state index contributed by atoms with van der Waals surface area (Å²) in [5, 5.41) is 7.64. The molecule has 0 aliphatic carbocycles. The summed E-state index contributed by atoms with van der Waals surface area (Å²) in [5.41, 5.74) is 11.8. The van der Waals surface area contributed by atoms with Crippen molar-refractivity contribution in [1.29, 1.82) is 0 Å². The number of fused-ring (bicyclic) bond motifs is 6. The minimum atomic E-state index is 0.699. The summed E-state index contributed by atoms with van der Waals surface area (Å²) in [6.07, 6.45) is 0. The van der Waals surface area contributed by atoms with Crippen LogP contribution in [0.25, 0.3) is 99.6 Å². The van der Waals surface area contributed by atoms with Crippen molar-refractivity contribution in [3.05, 3.63) is 206 Å². The fraction of sp³-hybridized carbons (Fsp3) is 0. The van der Waals surface area contributed by atoms with Crippen LogP contribution in [0.3, 0.4) is 0 Å². The van der Waals surface area contributed by atoms with Gasteiger partial charge in [-0.15, -0.1) is 0 Å². The number of hydrogen-bond donors (Lipinski definition) is 0. The summed E-state index contributed by atoms with van der Waals surface area (Å²) in [4.78, 5) is 10.4. The third-order valence-electron chi connectivity index (χ3n) is 10.5. The Kier molecular flexibility index (Phi) is 7.85. The first-order valence-electron chi connectivity index (χ1n) is 18.4. The van der Waals surface area contributed by atoms with E-state index in [4.69, 9.17) is 9.97 Å². The minimum absolute atomic E-state index is 0.699. The third-order valence-corrected chi connectivity index (χ3v) is 10.5. The molecule has 2 nitrogen and oxygen atoms in total. The quantitative estimate of drug-likeness (QED) is 0.163. The molecule has 0 radical (unpaired) electrons. The summed E-state index contributed by atoms with van der Waals surface area (Å²) in [5.74, 6) is 0.699. The van der Waals surface area contributed by atoms with Crippen LogP contribution in [-0.4, -0.2) is 9.97 Å². The number of hydrogen-bond acceptors (Lipinski definition) is 2. The highest BCUT2D eigenvalue weighted by Gasteiger charge is 2.17. The van der Waals surface area contributed by atoms with Crippen LogP contribution in [-0.2, 0) is 0 Å². The molecular formula is C52H34N2. The molecule has 0 amide bonds. The molecular weight excluding hydrogens is 653 g/mol. The van der Waals surface area contributed by atoms with E-state index < -0.39 is 0 Å². The first kappa shape index (κ1) is 31.6. The normalized spacial score (nSPS) is 11.3. The van der Waals surface area contributed by atoms with Crippen molar-refractivity contribution in [1.82, 2.24) is 9.97 Å². The lowest BCUT2D eigenvalue weighted by Crippen LogP contribution is -1.97. The highest BCUT2D eigenvalue weighted by molar-refractivity contribution is 6.25. The number of benzene rings is 9. The third kappa shape index (κ3) is 5.62. The van der Waals surface area contributed by atoms with Crippen molar-refractivity contribution >= 4 is 32.3 Å². The molecule has 2 heteroatoms. The fourth-order valence-corrected chi connectivity index (χ4v) is 7.92. The van der Waals surface area contributed by atoms with Crippen LogP contribution in [0.2, 0.25) is 0 Å². The van der Waals surface area contributed by atoms with Crippen molar-refractivity contribution < 1.29 is 0 Å². The van der Waals surface area contributed by atoms with Crippen molar-refractivity contribution in [3.8, 4) is 67.3 Å². The van der Waals surface area contributed by atoms with Crippen LogP contribution in [0.1, 0.15) is 0 Å². The van der Waals surface area contributed by atoms with Crippen molar-refractivity contribution in [2.45, 2.75) is 0 Å². The van der Waals surface area contributed by atoms with Gasteiger partial charge in [-0.05, 0) is 83.9 Å². The predicted octanol–water partition coefficient (Wildman–Crippen LogP) is 13.9. The Labute approximate surface area is 314 Å². The van der Waals surface area contributed by atoms with Gasteiger partial charge in [-0.3, -0.25) is 0 Å². The molecule has 0 aliphatic rings. The molecule has 0 spiro atoms. The zero-order valence-electron chi connectivity index (χ0n) is 29.5. The standard InChI is InChI=1S/C52H34N2/c1-3-16-35(17-4-1)37-20-15-21-39(32-37)50-34-51(54-52(53-50)36-18-5-2-6-19-36)48-29-14-13-27-45(48)41-23-8-7-22-40(41)38-30-31-47-44-26-10-9-24-42(44)43-25-11-12-28-46(43)49(47)33-38/h1-34H. The van der Waals surface area contributed by atoms with Crippen LogP contribution in [0.4, 0.5) is 0 Å². The Hall–Kier alpha value is -7.16. The monoisotopic (exact) mass is 686 g/mol. The van der Waals surface area contributed by atoms with Crippen LogP contribution in [0, 0.1) is 0 Å². The van der Waals surface area contributed by atoms with E-state index in [1.54, 1.807) is 0 Å². The van der Waals surface area contributed by atoms with E-state index in [2.05, 4.69) is 188 Å². The molecule has 0 N–H and O–H groups in total. The van der Waals surface area contributed by atoms with Crippen LogP contribution >= 0.6 is 0 Å². The SMILES string of the molecule is c1ccc(-c2cccc(-c3cc(-c4ccccc4-c4ccccc4-c4ccc5c6ccccc6c6ccccc6c5c4)nc(-c4ccccc4)n3)c2)cc1. The van der Waals surface area contributed by atoms with Gasteiger partial charge in [0, 0.05) is 16.7 Å². The van der Waals surface area contributed by atoms with Crippen molar-refractivity contribution in [3.63, 3.8) is 0 Å². The Bertz CT molecular complexity index is 2950. The van der Waals surface area contributed by atoms with Gasteiger partial charge in [0.15, 0.2) is 5.82 Å². The molecule has 0 saturated heterocycles. The number of rotatable bonds is 6. The maximum atomic E-state index is 5.26. The van der Waals surface area contributed by atoms with E-state index in [1.807, 2.05) is 18.2 Å². The summed E-state index contributed by atoms with van der Waals surface area (Å²) < 4.78 is 0. The second-order valence-corrected chi connectivity index (χ2v) is 13.7. The molecule has 0 atom stereocenters. The van der Waals surface area contributed by atoms with E-state index in [1.165, 1.54) is 49.0 Å². The van der Waals surface area contributed by atoms with Gasteiger partial charge < -0.3 is 0 Å². The average molecular weight is 687 g/mol. The first-order valence-corrected chi connectivity index (χ1v) is 18.4. The number of nitrogens with zero attached hydrogens (tertiary/aromatic N) is 2. The van der Waals surface area contributed by atoms with Crippen molar-refractivity contribution in [2.24, 2.45) is 0 Å². The zero-order valence-corrected chi connectivity index (χ0v) is 29.5. The van der Waals surface area contributed by atoms with Gasteiger partial charge in [-0.1, -0.05) is 188 Å². The molecule has 252 valence electrons. The molecule has 0 unspecified atom stereocenters. The summed E-state index contributed by atoms with van der Waals surface area (Å²) >= 11 is 0. The van der Waals surface area contributed by atoms with Crippen LogP contribution < -0.4 is 0 Å². The van der Waals surface area contributed by atoms with Gasteiger partial charge in [0.2, 0.25) is 0 Å². The van der Waals surface area contributed by atoms with E-state index in [9.17, 15) is 0 Å². The molecule has 1 heterocycles. The lowest BCUT2D eigenvalue weighted by molar-refractivity contribution is 1.18. The Morgan fingerprint density at radius 1 is 0.222 bits per heavy atom. The summed E-state index contributed by atoms with van der Waals surface area (Å²) in [6.45, 7) is 0. The molecule has 0 saturated carbocycles. The molecule has 10 rings (SSSR count). The highest BCUT2D eigenvalue weighted by Crippen LogP contribution is 2.42. The average Bonchev–Trinajstić information content (AvgIpc) is 3.27. The van der Waals surface area contributed by atoms with Gasteiger partial charge in [0.05, 0.1) is 11.4 Å². The largest absolute Gasteiger partial charge is 0.228 e. The van der Waals surface area contributed by atoms with Crippen LogP contribution in [0.5, 0.6) is 0 Å². The zero-order chi connectivity index (χ0) is 35.8. The number of aromatic nitrogens is 2. The molecule has 0 bridgehead atoms. The van der Waals surface area contributed by atoms with Crippen LogP contribution in [0.15, 0.2) is 206 Å². The molecule has 0 aliphatic heterocycles. The maximum Gasteiger partial charge on any atom is 0.160 e. The minimum Gasteiger partial charge on any atom is -0.228 e. The lowest BCUT2D eigenvalue weighted by atomic mass is 9.88. The summed E-state index contributed by atoms with van der Waals surface area (Å²) in [7, 11) is 0. The van der Waals surface area contributed by atoms with Gasteiger partial charge >= 0.3 is 0 Å². The van der Waals surface area contributed by atoms with Crippen molar-refractivity contribution in [2.75, 3.05) is 0 Å². The molecule has 1 aromatic heterocycles. The van der Waals surface area contributed by atoms with Gasteiger partial charge in [-0.2, -0.15) is 0 Å². The Morgan fingerprint density at radius 3 is 1.35 bits per heavy atom. The van der Waals surface area contributed by atoms with E-state index in [0.29, 0.717) is 5.82 Å². The first-order chi connectivity index (χ1) is 26.8. The predicted molar refractivity (Wildman–Crippen MR) is 227 cm³/mol. The fourth-order valence-electron chi connectivity index (χ4n) is 7.92.